The summed E-state index contributed by atoms with van der Waals surface area (Å²) in [5, 5.41) is 3.19. The van der Waals surface area contributed by atoms with E-state index in [1.165, 1.54) is 0 Å². The van der Waals surface area contributed by atoms with E-state index in [2.05, 4.69) is 26.2 Å². The molecular formula is C13H13BrN2O. The lowest BCUT2D eigenvalue weighted by Crippen LogP contribution is -2.12. The van der Waals surface area contributed by atoms with Crippen LogP contribution >= 0.6 is 15.9 Å². The van der Waals surface area contributed by atoms with Gasteiger partial charge >= 0.3 is 0 Å². The van der Waals surface area contributed by atoms with Gasteiger partial charge in [0, 0.05) is 10.7 Å². The van der Waals surface area contributed by atoms with Gasteiger partial charge in [-0.05, 0) is 40.2 Å². The third-order valence-electron chi connectivity index (χ3n) is 2.15. The first-order valence-corrected chi connectivity index (χ1v) is 6.17. The summed E-state index contributed by atoms with van der Waals surface area (Å²) < 4.78 is 6.53. The van der Waals surface area contributed by atoms with E-state index in [-0.39, 0.29) is 0 Å². The van der Waals surface area contributed by atoms with Crippen LogP contribution in [-0.4, -0.2) is 18.1 Å². The second-order valence-corrected chi connectivity index (χ2v) is 4.37. The van der Waals surface area contributed by atoms with Gasteiger partial charge in [0.2, 0.25) is 0 Å². The third kappa shape index (κ3) is 4.07. The highest BCUT2D eigenvalue weighted by Crippen LogP contribution is 2.10. The van der Waals surface area contributed by atoms with Crippen molar-refractivity contribution < 1.29 is 4.74 Å². The minimum Gasteiger partial charge on any atom is -0.492 e. The number of hydrogen-bond acceptors (Lipinski definition) is 3. The highest BCUT2D eigenvalue weighted by molar-refractivity contribution is 9.10. The Labute approximate surface area is 109 Å². The van der Waals surface area contributed by atoms with Crippen LogP contribution in [0, 0.1) is 0 Å². The van der Waals surface area contributed by atoms with Gasteiger partial charge in [0.05, 0.1) is 6.54 Å². The van der Waals surface area contributed by atoms with Crippen molar-refractivity contribution in [1.29, 1.82) is 0 Å². The first kappa shape index (κ1) is 11.9. The van der Waals surface area contributed by atoms with Crippen molar-refractivity contribution in [2.75, 3.05) is 18.5 Å². The lowest BCUT2D eigenvalue weighted by atomic mass is 10.3. The Hall–Kier alpha value is -1.55. The van der Waals surface area contributed by atoms with E-state index in [0.29, 0.717) is 6.61 Å². The van der Waals surface area contributed by atoms with Gasteiger partial charge in [-0.3, -0.25) is 0 Å². The maximum atomic E-state index is 5.55. The van der Waals surface area contributed by atoms with E-state index in [4.69, 9.17) is 4.74 Å². The standard InChI is InChI=1S/C13H13BrN2O/c14-11-6-7-13(16-10-11)15-8-9-17-12-4-2-1-3-5-12/h1-7,10H,8-9H2,(H,15,16). The maximum absolute atomic E-state index is 5.55. The van der Waals surface area contributed by atoms with Gasteiger partial charge in [0.25, 0.3) is 0 Å². The van der Waals surface area contributed by atoms with Crippen LogP contribution < -0.4 is 10.1 Å². The van der Waals surface area contributed by atoms with Crippen molar-refractivity contribution in [3.05, 3.63) is 53.1 Å². The topological polar surface area (TPSA) is 34.1 Å². The monoisotopic (exact) mass is 292 g/mol. The zero-order valence-corrected chi connectivity index (χ0v) is 10.9. The molecule has 0 aliphatic heterocycles. The van der Waals surface area contributed by atoms with E-state index in [0.717, 1.165) is 22.6 Å². The second-order valence-electron chi connectivity index (χ2n) is 3.45. The van der Waals surface area contributed by atoms with Gasteiger partial charge in [-0.25, -0.2) is 4.98 Å². The molecule has 0 radical (unpaired) electrons. The number of halogens is 1. The summed E-state index contributed by atoms with van der Waals surface area (Å²) in [5.74, 6) is 1.74. The molecule has 1 aromatic heterocycles. The fraction of sp³-hybridized carbons (Fsp3) is 0.154. The number of nitrogens with zero attached hydrogens (tertiary/aromatic N) is 1. The normalized spacial score (nSPS) is 9.94. The third-order valence-corrected chi connectivity index (χ3v) is 2.62. The number of pyridine rings is 1. The summed E-state index contributed by atoms with van der Waals surface area (Å²) in [5.41, 5.74) is 0. The molecule has 0 fully saturated rings. The van der Waals surface area contributed by atoms with Crippen molar-refractivity contribution in [3.8, 4) is 5.75 Å². The fourth-order valence-electron chi connectivity index (χ4n) is 1.35. The molecule has 3 nitrogen and oxygen atoms in total. The zero-order chi connectivity index (χ0) is 11.9. The summed E-state index contributed by atoms with van der Waals surface area (Å²) >= 11 is 3.34. The number of rotatable bonds is 5. The van der Waals surface area contributed by atoms with Gasteiger partial charge in [-0.2, -0.15) is 0 Å². The van der Waals surface area contributed by atoms with Crippen LogP contribution in [-0.2, 0) is 0 Å². The van der Waals surface area contributed by atoms with Crippen molar-refractivity contribution in [2.24, 2.45) is 0 Å². The van der Waals surface area contributed by atoms with Crippen molar-refractivity contribution in [2.45, 2.75) is 0 Å². The van der Waals surface area contributed by atoms with Crippen LogP contribution in [0.3, 0.4) is 0 Å². The fourth-order valence-corrected chi connectivity index (χ4v) is 1.58. The van der Waals surface area contributed by atoms with Crippen LogP contribution in [0.1, 0.15) is 0 Å². The molecule has 0 unspecified atom stereocenters. The number of anilines is 1. The molecule has 88 valence electrons. The summed E-state index contributed by atoms with van der Waals surface area (Å²) in [4.78, 5) is 4.21. The van der Waals surface area contributed by atoms with Gasteiger partial charge < -0.3 is 10.1 Å². The Balaban J connectivity index is 1.71. The van der Waals surface area contributed by atoms with Crippen LogP contribution in [0.25, 0.3) is 0 Å². The number of nitrogens with one attached hydrogen (secondary N) is 1. The minimum atomic E-state index is 0.613. The SMILES string of the molecule is Brc1ccc(NCCOc2ccccc2)nc1. The number of hydrogen-bond donors (Lipinski definition) is 1. The molecule has 0 aliphatic rings. The van der Waals surface area contributed by atoms with Crippen molar-refractivity contribution in [3.63, 3.8) is 0 Å². The van der Waals surface area contributed by atoms with Gasteiger partial charge in [0.1, 0.15) is 18.2 Å². The molecule has 0 aliphatic carbocycles. The number of benzene rings is 1. The summed E-state index contributed by atoms with van der Waals surface area (Å²) in [7, 11) is 0. The highest BCUT2D eigenvalue weighted by Gasteiger charge is 1.94. The lowest BCUT2D eigenvalue weighted by Gasteiger charge is -2.07. The predicted molar refractivity (Wildman–Crippen MR) is 72.4 cm³/mol. The molecule has 1 N–H and O–H groups in total. The molecule has 0 amide bonds. The van der Waals surface area contributed by atoms with E-state index < -0.39 is 0 Å². The van der Waals surface area contributed by atoms with E-state index >= 15 is 0 Å². The molecule has 1 aromatic carbocycles. The molecule has 0 bridgehead atoms. The highest BCUT2D eigenvalue weighted by atomic mass is 79.9. The molecule has 17 heavy (non-hydrogen) atoms. The van der Waals surface area contributed by atoms with E-state index in [1.807, 2.05) is 42.5 Å². The number of aromatic nitrogens is 1. The van der Waals surface area contributed by atoms with Crippen LogP contribution in [0.4, 0.5) is 5.82 Å². The van der Waals surface area contributed by atoms with Crippen LogP contribution in [0.5, 0.6) is 5.75 Å². The summed E-state index contributed by atoms with van der Waals surface area (Å²) in [6.45, 7) is 1.34. The largest absolute Gasteiger partial charge is 0.492 e. The lowest BCUT2D eigenvalue weighted by molar-refractivity contribution is 0.333. The average molecular weight is 293 g/mol. The van der Waals surface area contributed by atoms with E-state index in [1.54, 1.807) is 6.20 Å². The van der Waals surface area contributed by atoms with Crippen LogP contribution in [0.15, 0.2) is 53.1 Å². The first-order chi connectivity index (χ1) is 8.34. The molecule has 0 saturated heterocycles. The Morgan fingerprint density at radius 1 is 1.12 bits per heavy atom. The Bertz CT molecular complexity index is 445. The maximum Gasteiger partial charge on any atom is 0.126 e. The van der Waals surface area contributed by atoms with Gasteiger partial charge in [0.15, 0.2) is 0 Å². The molecule has 0 saturated carbocycles. The zero-order valence-electron chi connectivity index (χ0n) is 9.27. The molecule has 2 aromatic rings. The molecule has 0 atom stereocenters. The molecule has 1 heterocycles. The van der Waals surface area contributed by atoms with Crippen molar-refractivity contribution >= 4 is 21.7 Å². The van der Waals surface area contributed by atoms with Crippen LogP contribution in [0.2, 0.25) is 0 Å². The molecule has 0 spiro atoms. The minimum absolute atomic E-state index is 0.613. The average Bonchev–Trinajstić information content (AvgIpc) is 2.38. The Morgan fingerprint density at radius 3 is 2.65 bits per heavy atom. The van der Waals surface area contributed by atoms with Gasteiger partial charge in [-0.15, -0.1) is 0 Å². The molecule has 2 rings (SSSR count). The van der Waals surface area contributed by atoms with Crippen molar-refractivity contribution in [1.82, 2.24) is 4.98 Å². The molecule has 4 heteroatoms. The Kier molecular flexibility index (Phi) is 4.38. The molecular weight excluding hydrogens is 280 g/mol. The van der Waals surface area contributed by atoms with E-state index in [9.17, 15) is 0 Å². The van der Waals surface area contributed by atoms with Gasteiger partial charge in [-0.1, -0.05) is 18.2 Å². The number of ether oxygens (including phenoxy) is 1. The quantitative estimate of drug-likeness (QED) is 0.859. The summed E-state index contributed by atoms with van der Waals surface area (Å²) in [6.07, 6.45) is 1.76. The first-order valence-electron chi connectivity index (χ1n) is 5.38. The smallest absolute Gasteiger partial charge is 0.126 e. The predicted octanol–water partition coefficient (Wildman–Crippen LogP) is 3.34. The Morgan fingerprint density at radius 2 is 1.94 bits per heavy atom. The number of para-hydroxylation sites is 1. The second kappa shape index (κ2) is 6.25. The summed E-state index contributed by atoms with van der Waals surface area (Å²) in [6, 6.07) is 13.6.